The van der Waals surface area contributed by atoms with Crippen LogP contribution in [0.15, 0.2) is 36.4 Å². The van der Waals surface area contributed by atoms with Crippen molar-refractivity contribution in [1.29, 1.82) is 0 Å². The lowest BCUT2D eigenvalue weighted by Crippen LogP contribution is -2.18. The van der Waals surface area contributed by atoms with E-state index in [-0.39, 0.29) is 17.6 Å². The molecule has 0 spiro atoms. The van der Waals surface area contributed by atoms with E-state index in [4.69, 9.17) is 4.74 Å². The number of benzene rings is 2. The zero-order valence-electron chi connectivity index (χ0n) is 11.7. The Balaban J connectivity index is 2.41. The molecular weight excluding hydrogens is 260 g/mol. The fraction of sp³-hybridized carbons (Fsp3) is 0.250. The summed E-state index contributed by atoms with van der Waals surface area (Å²) >= 11 is 0. The van der Waals surface area contributed by atoms with Crippen molar-refractivity contribution in [3.8, 4) is 5.75 Å². The molecule has 0 saturated carbocycles. The van der Waals surface area contributed by atoms with Crippen molar-refractivity contribution in [2.75, 3.05) is 14.2 Å². The van der Waals surface area contributed by atoms with E-state index in [0.29, 0.717) is 11.1 Å². The number of rotatable bonds is 4. The Hall–Kier alpha value is -1.94. The second kappa shape index (κ2) is 6.01. The molecule has 0 bridgehead atoms. The summed E-state index contributed by atoms with van der Waals surface area (Å²) in [5.74, 6) is -0.506. The minimum atomic E-state index is -0.433. The minimum Gasteiger partial charge on any atom is -0.494 e. The maximum Gasteiger partial charge on any atom is 0.165 e. The van der Waals surface area contributed by atoms with Crippen LogP contribution in [0, 0.1) is 18.6 Å². The standard InChI is InChI=1S/C16H17F2NO/c1-10-4-5-11(8-13(10)17)16(19-2)12-6-7-15(20-3)14(18)9-12/h4-9,16,19H,1-3H3. The van der Waals surface area contributed by atoms with Gasteiger partial charge < -0.3 is 10.1 Å². The molecule has 106 valence electrons. The molecule has 0 aliphatic rings. The molecule has 0 saturated heterocycles. The first kappa shape index (κ1) is 14.5. The highest BCUT2D eigenvalue weighted by Crippen LogP contribution is 2.27. The van der Waals surface area contributed by atoms with Crippen LogP contribution in [0.2, 0.25) is 0 Å². The van der Waals surface area contributed by atoms with Crippen LogP contribution in [0.3, 0.4) is 0 Å². The Morgan fingerprint density at radius 2 is 1.60 bits per heavy atom. The molecule has 1 unspecified atom stereocenters. The summed E-state index contributed by atoms with van der Waals surface area (Å²) in [5, 5.41) is 3.07. The Morgan fingerprint density at radius 3 is 2.10 bits per heavy atom. The van der Waals surface area contributed by atoms with Crippen molar-refractivity contribution in [2.45, 2.75) is 13.0 Å². The second-order valence-electron chi connectivity index (χ2n) is 4.62. The molecule has 1 N–H and O–H groups in total. The highest BCUT2D eigenvalue weighted by molar-refractivity contribution is 5.37. The Labute approximate surface area is 117 Å². The maximum atomic E-state index is 13.8. The number of aryl methyl sites for hydroxylation is 1. The summed E-state index contributed by atoms with van der Waals surface area (Å²) in [6.07, 6.45) is 0. The van der Waals surface area contributed by atoms with Gasteiger partial charge in [-0.15, -0.1) is 0 Å². The van der Waals surface area contributed by atoms with Gasteiger partial charge in [0.1, 0.15) is 5.82 Å². The molecule has 0 aliphatic heterocycles. The van der Waals surface area contributed by atoms with E-state index < -0.39 is 5.82 Å². The maximum absolute atomic E-state index is 13.8. The summed E-state index contributed by atoms with van der Waals surface area (Å²) in [6.45, 7) is 1.71. The summed E-state index contributed by atoms with van der Waals surface area (Å²) in [5.41, 5.74) is 2.05. The van der Waals surface area contributed by atoms with Crippen LogP contribution in [0.5, 0.6) is 5.75 Å². The van der Waals surface area contributed by atoms with Gasteiger partial charge in [0.05, 0.1) is 13.2 Å². The van der Waals surface area contributed by atoms with Crippen LogP contribution in [0.4, 0.5) is 8.78 Å². The van der Waals surface area contributed by atoms with Gasteiger partial charge in [-0.3, -0.25) is 0 Å². The van der Waals surface area contributed by atoms with Gasteiger partial charge in [-0.1, -0.05) is 18.2 Å². The number of ether oxygens (including phenoxy) is 1. The molecule has 0 radical (unpaired) electrons. The Morgan fingerprint density at radius 1 is 1.00 bits per heavy atom. The van der Waals surface area contributed by atoms with Crippen LogP contribution >= 0.6 is 0 Å². The molecule has 4 heteroatoms. The summed E-state index contributed by atoms with van der Waals surface area (Å²) in [7, 11) is 3.17. The third-order valence-corrected chi connectivity index (χ3v) is 3.33. The molecule has 0 fully saturated rings. The van der Waals surface area contributed by atoms with Gasteiger partial charge in [-0.2, -0.15) is 0 Å². The van der Waals surface area contributed by atoms with Gasteiger partial charge in [0.25, 0.3) is 0 Å². The Kier molecular flexibility index (Phi) is 4.35. The molecule has 0 aliphatic carbocycles. The molecule has 20 heavy (non-hydrogen) atoms. The summed E-state index contributed by atoms with van der Waals surface area (Å²) in [4.78, 5) is 0. The molecule has 1 atom stereocenters. The van der Waals surface area contributed by atoms with E-state index in [1.54, 1.807) is 32.2 Å². The van der Waals surface area contributed by atoms with Gasteiger partial charge >= 0.3 is 0 Å². The lowest BCUT2D eigenvalue weighted by molar-refractivity contribution is 0.386. The summed E-state index contributed by atoms with van der Waals surface area (Å²) < 4.78 is 32.3. The van der Waals surface area contributed by atoms with Crippen molar-refractivity contribution in [3.63, 3.8) is 0 Å². The molecule has 2 aromatic rings. The fourth-order valence-electron chi connectivity index (χ4n) is 2.18. The SMILES string of the molecule is CNC(c1ccc(C)c(F)c1)c1ccc(OC)c(F)c1. The van der Waals surface area contributed by atoms with Gasteiger partial charge in [-0.05, 0) is 48.9 Å². The third-order valence-electron chi connectivity index (χ3n) is 3.33. The van der Waals surface area contributed by atoms with Crippen LogP contribution in [0.25, 0.3) is 0 Å². The highest BCUT2D eigenvalue weighted by Gasteiger charge is 2.15. The van der Waals surface area contributed by atoms with Gasteiger partial charge in [0, 0.05) is 0 Å². The lowest BCUT2D eigenvalue weighted by atomic mass is 9.97. The number of nitrogens with one attached hydrogen (secondary N) is 1. The van der Waals surface area contributed by atoms with Crippen LogP contribution in [-0.4, -0.2) is 14.2 Å². The molecule has 0 amide bonds. The van der Waals surface area contributed by atoms with E-state index in [1.165, 1.54) is 19.2 Å². The third kappa shape index (κ3) is 2.80. The van der Waals surface area contributed by atoms with Crippen molar-refractivity contribution >= 4 is 0 Å². The molecule has 2 aromatic carbocycles. The van der Waals surface area contributed by atoms with E-state index in [0.717, 1.165) is 5.56 Å². The average Bonchev–Trinajstić information content (AvgIpc) is 2.44. The zero-order chi connectivity index (χ0) is 14.7. The van der Waals surface area contributed by atoms with Crippen molar-refractivity contribution in [1.82, 2.24) is 5.32 Å². The predicted molar refractivity (Wildman–Crippen MR) is 75.0 cm³/mol. The zero-order valence-corrected chi connectivity index (χ0v) is 11.7. The van der Waals surface area contributed by atoms with Crippen molar-refractivity contribution < 1.29 is 13.5 Å². The van der Waals surface area contributed by atoms with Crippen molar-refractivity contribution in [3.05, 3.63) is 64.7 Å². The van der Waals surface area contributed by atoms with E-state index in [2.05, 4.69) is 5.32 Å². The molecule has 0 aromatic heterocycles. The Bertz CT molecular complexity index is 613. The lowest BCUT2D eigenvalue weighted by Gasteiger charge is -2.18. The predicted octanol–water partition coefficient (Wildman–Crippen LogP) is 3.59. The quantitative estimate of drug-likeness (QED) is 0.922. The molecular formula is C16H17F2NO. The molecule has 0 heterocycles. The molecule has 2 nitrogen and oxygen atoms in total. The largest absolute Gasteiger partial charge is 0.494 e. The fourth-order valence-corrected chi connectivity index (χ4v) is 2.18. The van der Waals surface area contributed by atoms with Crippen molar-refractivity contribution in [2.24, 2.45) is 0 Å². The van der Waals surface area contributed by atoms with Gasteiger partial charge in [0.15, 0.2) is 11.6 Å². The number of halogens is 2. The van der Waals surface area contributed by atoms with Crippen LogP contribution < -0.4 is 10.1 Å². The smallest absolute Gasteiger partial charge is 0.165 e. The van der Waals surface area contributed by atoms with E-state index in [9.17, 15) is 8.78 Å². The second-order valence-corrected chi connectivity index (χ2v) is 4.62. The van der Waals surface area contributed by atoms with E-state index >= 15 is 0 Å². The van der Waals surface area contributed by atoms with Gasteiger partial charge in [0.2, 0.25) is 0 Å². The summed E-state index contributed by atoms with van der Waals surface area (Å²) in [6, 6.07) is 9.48. The highest BCUT2D eigenvalue weighted by atomic mass is 19.1. The minimum absolute atomic E-state index is 0.193. The topological polar surface area (TPSA) is 21.3 Å². The van der Waals surface area contributed by atoms with Crippen LogP contribution in [-0.2, 0) is 0 Å². The van der Waals surface area contributed by atoms with Crippen LogP contribution in [0.1, 0.15) is 22.7 Å². The first-order valence-electron chi connectivity index (χ1n) is 6.33. The average molecular weight is 277 g/mol. The monoisotopic (exact) mass is 277 g/mol. The van der Waals surface area contributed by atoms with Gasteiger partial charge in [-0.25, -0.2) is 8.78 Å². The van der Waals surface area contributed by atoms with E-state index in [1.807, 2.05) is 6.07 Å². The number of hydrogen-bond acceptors (Lipinski definition) is 2. The normalized spacial score (nSPS) is 12.2. The number of hydrogen-bond donors (Lipinski definition) is 1. The molecule has 2 rings (SSSR count). The first-order chi connectivity index (χ1) is 9.56. The number of methoxy groups -OCH3 is 1. The first-order valence-corrected chi connectivity index (χ1v) is 6.33.